The maximum Gasteiger partial charge on any atom is 0.243 e. The second-order valence-corrected chi connectivity index (χ2v) is 8.06. The summed E-state index contributed by atoms with van der Waals surface area (Å²) in [5, 5.41) is 5.49. The molecule has 3 rings (SSSR count). The highest BCUT2D eigenvalue weighted by Gasteiger charge is 2.25. The van der Waals surface area contributed by atoms with Crippen molar-refractivity contribution in [3.63, 3.8) is 0 Å². The molecule has 1 aromatic carbocycles. The van der Waals surface area contributed by atoms with E-state index < -0.39 is 0 Å². The Bertz CT molecular complexity index is 804. The molecule has 6 nitrogen and oxygen atoms in total. The molecule has 0 saturated carbocycles. The number of likely N-dealkylation sites (N-methyl/N-ethyl adjacent to an activating group) is 1. The van der Waals surface area contributed by atoms with Crippen LogP contribution in [0.2, 0.25) is 0 Å². The normalized spacial score (nSPS) is 17.5. The predicted molar refractivity (Wildman–Crippen MR) is 114 cm³/mol. The van der Waals surface area contributed by atoms with Crippen molar-refractivity contribution in [1.29, 1.82) is 0 Å². The van der Waals surface area contributed by atoms with Gasteiger partial charge in [-0.15, -0.1) is 11.3 Å². The fourth-order valence-electron chi connectivity index (χ4n) is 3.11. The summed E-state index contributed by atoms with van der Waals surface area (Å²) in [4.78, 5) is 21.6. The fourth-order valence-corrected chi connectivity index (χ4v) is 3.75. The van der Waals surface area contributed by atoms with Crippen LogP contribution in [0, 0.1) is 6.92 Å². The van der Waals surface area contributed by atoms with Crippen LogP contribution in [0.1, 0.15) is 22.1 Å². The molecule has 1 N–H and O–H groups in total. The summed E-state index contributed by atoms with van der Waals surface area (Å²) in [6, 6.07) is 12.4. The first-order valence-corrected chi connectivity index (χ1v) is 10.4. The number of carbonyl (C=O) groups is 1. The highest BCUT2D eigenvalue weighted by atomic mass is 32.1. The highest BCUT2D eigenvalue weighted by molar-refractivity contribution is 7.09. The van der Waals surface area contributed by atoms with Crippen molar-refractivity contribution in [2.75, 3.05) is 40.3 Å². The molecule has 0 spiro atoms. The van der Waals surface area contributed by atoms with Crippen LogP contribution in [-0.4, -0.2) is 62.0 Å². The SMILES string of the molecule is Cc1ccccc1C1CN(C(=NCC(=O)N(C)C)NCc2cccs2)CCO1. The lowest BCUT2D eigenvalue weighted by Gasteiger charge is -2.36. The molecule has 2 aromatic rings. The van der Waals surface area contributed by atoms with Crippen molar-refractivity contribution in [2.45, 2.75) is 19.6 Å². The number of hydrogen-bond acceptors (Lipinski definition) is 4. The molecule has 28 heavy (non-hydrogen) atoms. The molecular weight excluding hydrogens is 372 g/mol. The number of nitrogens with zero attached hydrogens (tertiary/aromatic N) is 3. The summed E-state index contributed by atoms with van der Waals surface area (Å²) in [5.41, 5.74) is 2.43. The van der Waals surface area contributed by atoms with E-state index in [1.54, 1.807) is 30.3 Å². The summed E-state index contributed by atoms with van der Waals surface area (Å²) in [7, 11) is 3.50. The molecular formula is C21H28N4O2S. The maximum atomic E-state index is 12.0. The Morgan fingerprint density at radius 2 is 2.14 bits per heavy atom. The zero-order valence-corrected chi connectivity index (χ0v) is 17.5. The molecule has 1 aliphatic heterocycles. The molecule has 1 aliphatic rings. The van der Waals surface area contributed by atoms with Crippen molar-refractivity contribution in [3.05, 3.63) is 57.8 Å². The summed E-state index contributed by atoms with van der Waals surface area (Å²) in [6.45, 7) is 5.01. The van der Waals surface area contributed by atoms with Gasteiger partial charge in [0.25, 0.3) is 0 Å². The number of ether oxygens (including phenoxy) is 1. The first kappa shape index (κ1) is 20.4. The van der Waals surface area contributed by atoms with E-state index in [1.807, 2.05) is 18.2 Å². The van der Waals surface area contributed by atoms with E-state index in [2.05, 4.69) is 45.7 Å². The van der Waals surface area contributed by atoms with Crippen LogP contribution in [0.25, 0.3) is 0 Å². The lowest BCUT2D eigenvalue weighted by atomic mass is 10.0. The minimum Gasteiger partial charge on any atom is -0.370 e. The van der Waals surface area contributed by atoms with Crippen LogP contribution in [0.3, 0.4) is 0 Å². The van der Waals surface area contributed by atoms with Crippen molar-refractivity contribution < 1.29 is 9.53 Å². The molecule has 1 amide bonds. The summed E-state index contributed by atoms with van der Waals surface area (Å²) in [5.74, 6) is 0.740. The van der Waals surface area contributed by atoms with Crippen molar-refractivity contribution in [3.8, 4) is 0 Å². The van der Waals surface area contributed by atoms with Gasteiger partial charge < -0.3 is 19.9 Å². The molecule has 1 atom stereocenters. The lowest BCUT2D eigenvalue weighted by molar-refractivity contribution is -0.127. The molecule has 0 radical (unpaired) electrons. The van der Waals surface area contributed by atoms with Gasteiger partial charge in [-0.25, -0.2) is 4.99 Å². The van der Waals surface area contributed by atoms with Gasteiger partial charge in [0.15, 0.2) is 5.96 Å². The Morgan fingerprint density at radius 1 is 1.32 bits per heavy atom. The first-order chi connectivity index (χ1) is 13.5. The highest BCUT2D eigenvalue weighted by Crippen LogP contribution is 2.25. The topological polar surface area (TPSA) is 57.2 Å². The van der Waals surface area contributed by atoms with Crippen LogP contribution < -0.4 is 5.32 Å². The third kappa shape index (κ3) is 5.33. The average Bonchev–Trinajstić information content (AvgIpc) is 3.22. The van der Waals surface area contributed by atoms with Gasteiger partial charge in [0.2, 0.25) is 5.91 Å². The minimum atomic E-state index is -0.0147. The van der Waals surface area contributed by atoms with Crippen LogP contribution in [0.15, 0.2) is 46.8 Å². The Labute approximate surface area is 170 Å². The summed E-state index contributed by atoms with van der Waals surface area (Å²) >= 11 is 1.70. The number of nitrogens with one attached hydrogen (secondary N) is 1. The number of carbonyl (C=O) groups excluding carboxylic acids is 1. The van der Waals surface area contributed by atoms with Gasteiger partial charge >= 0.3 is 0 Å². The van der Waals surface area contributed by atoms with Gasteiger partial charge in [-0.05, 0) is 29.5 Å². The smallest absolute Gasteiger partial charge is 0.243 e. The van der Waals surface area contributed by atoms with Crippen LogP contribution in [-0.2, 0) is 16.1 Å². The fraction of sp³-hybridized carbons (Fsp3) is 0.429. The zero-order valence-electron chi connectivity index (χ0n) is 16.7. The lowest BCUT2D eigenvalue weighted by Crippen LogP contribution is -2.48. The van der Waals surface area contributed by atoms with Gasteiger partial charge in [-0.3, -0.25) is 4.79 Å². The van der Waals surface area contributed by atoms with Crippen molar-refractivity contribution in [2.24, 2.45) is 4.99 Å². The largest absolute Gasteiger partial charge is 0.370 e. The number of morpholine rings is 1. The molecule has 7 heteroatoms. The van der Waals surface area contributed by atoms with E-state index in [1.165, 1.54) is 16.0 Å². The average molecular weight is 401 g/mol. The molecule has 0 bridgehead atoms. The number of aryl methyl sites for hydroxylation is 1. The Morgan fingerprint density at radius 3 is 2.86 bits per heavy atom. The van der Waals surface area contributed by atoms with Crippen LogP contribution in [0.5, 0.6) is 0 Å². The van der Waals surface area contributed by atoms with E-state index in [9.17, 15) is 4.79 Å². The first-order valence-electron chi connectivity index (χ1n) is 9.47. The standard InChI is InChI=1S/C21H28N4O2S/c1-16-7-4-5-9-18(16)19-15-25(10-11-27-19)21(23-14-20(26)24(2)3)22-13-17-8-6-12-28-17/h4-9,12,19H,10-11,13-15H2,1-3H3,(H,22,23). The quantitative estimate of drug-likeness (QED) is 0.619. The minimum absolute atomic E-state index is 0.00626. The monoisotopic (exact) mass is 400 g/mol. The summed E-state index contributed by atoms with van der Waals surface area (Å²) < 4.78 is 6.04. The van der Waals surface area contributed by atoms with Gasteiger partial charge in [0.1, 0.15) is 12.6 Å². The third-order valence-corrected chi connectivity index (χ3v) is 5.64. The number of aliphatic imine (C=N–C) groups is 1. The number of hydrogen-bond donors (Lipinski definition) is 1. The van der Waals surface area contributed by atoms with Crippen molar-refractivity contribution in [1.82, 2.24) is 15.1 Å². The maximum absolute atomic E-state index is 12.0. The van der Waals surface area contributed by atoms with E-state index in [4.69, 9.17) is 4.74 Å². The molecule has 1 unspecified atom stereocenters. The van der Waals surface area contributed by atoms with Crippen LogP contribution in [0.4, 0.5) is 0 Å². The number of benzene rings is 1. The van der Waals surface area contributed by atoms with E-state index in [0.29, 0.717) is 19.7 Å². The van der Waals surface area contributed by atoms with Crippen molar-refractivity contribution >= 4 is 23.2 Å². The van der Waals surface area contributed by atoms with Gasteiger partial charge in [0, 0.05) is 25.5 Å². The zero-order chi connectivity index (χ0) is 19.9. The summed E-state index contributed by atoms with van der Waals surface area (Å²) in [6.07, 6.45) is -0.00626. The Hall–Kier alpha value is -2.38. The Kier molecular flexibility index (Phi) is 7.06. The van der Waals surface area contributed by atoms with Crippen LogP contribution >= 0.6 is 11.3 Å². The molecule has 1 saturated heterocycles. The second kappa shape index (κ2) is 9.71. The molecule has 0 aliphatic carbocycles. The number of amides is 1. The van der Waals surface area contributed by atoms with E-state index in [0.717, 1.165) is 12.5 Å². The van der Waals surface area contributed by atoms with Gasteiger partial charge in [-0.2, -0.15) is 0 Å². The number of guanidine groups is 1. The number of thiophene rings is 1. The Balaban J connectivity index is 1.74. The second-order valence-electron chi connectivity index (χ2n) is 7.02. The molecule has 150 valence electrons. The van der Waals surface area contributed by atoms with E-state index in [-0.39, 0.29) is 18.6 Å². The van der Waals surface area contributed by atoms with Gasteiger partial charge in [0.05, 0.1) is 19.7 Å². The predicted octanol–water partition coefficient (Wildman–Crippen LogP) is 2.66. The third-order valence-electron chi connectivity index (χ3n) is 4.77. The molecule has 1 aromatic heterocycles. The molecule has 2 heterocycles. The van der Waals surface area contributed by atoms with E-state index >= 15 is 0 Å². The molecule has 1 fully saturated rings. The number of rotatable bonds is 5. The van der Waals surface area contributed by atoms with Gasteiger partial charge in [-0.1, -0.05) is 30.3 Å².